The van der Waals surface area contributed by atoms with Crippen LogP contribution in [0.15, 0.2) is 30.3 Å². The fourth-order valence-electron chi connectivity index (χ4n) is 1.74. The van der Waals surface area contributed by atoms with Crippen molar-refractivity contribution in [3.05, 3.63) is 35.9 Å². The predicted molar refractivity (Wildman–Crippen MR) is 66.7 cm³/mol. The van der Waals surface area contributed by atoms with Gasteiger partial charge in [-0.05, 0) is 30.2 Å². The number of aryl methyl sites for hydroxylation is 1. The Morgan fingerprint density at radius 2 is 1.67 bits per heavy atom. The molecule has 0 aliphatic rings. The van der Waals surface area contributed by atoms with Crippen LogP contribution < -0.4 is 5.73 Å². The van der Waals surface area contributed by atoms with Gasteiger partial charge in [0.1, 0.15) is 0 Å². The van der Waals surface area contributed by atoms with Crippen LogP contribution in [0.1, 0.15) is 32.8 Å². The third-order valence-corrected chi connectivity index (χ3v) is 3.34. The molecule has 2 N–H and O–H groups in total. The average Bonchev–Trinajstić information content (AvgIpc) is 2.26. The number of nitrogens with two attached hydrogens (primary N) is 1. The van der Waals surface area contributed by atoms with Crippen LogP contribution in [0, 0.1) is 11.8 Å². The first-order chi connectivity index (χ1) is 7.11. The Morgan fingerprint density at radius 3 is 2.20 bits per heavy atom. The summed E-state index contributed by atoms with van der Waals surface area (Å²) in [5.41, 5.74) is 7.56. The van der Waals surface area contributed by atoms with Crippen LogP contribution in [-0.4, -0.2) is 6.04 Å². The second-order valence-electron chi connectivity index (χ2n) is 4.79. The Morgan fingerprint density at radius 1 is 1.07 bits per heavy atom. The SMILES string of the molecule is CC(C)C(C)C(N)CCc1ccccc1. The Hall–Kier alpha value is -0.820. The molecule has 0 bridgehead atoms. The van der Waals surface area contributed by atoms with Crippen molar-refractivity contribution in [2.75, 3.05) is 0 Å². The van der Waals surface area contributed by atoms with Crippen molar-refractivity contribution in [1.82, 2.24) is 0 Å². The number of benzene rings is 1. The minimum atomic E-state index is 0.324. The van der Waals surface area contributed by atoms with Gasteiger partial charge in [0.2, 0.25) is 0 Å². The van der Waals surface area contributed by atoms with Gasteiger partial charge in [-0.15, -0.1) is 0 Å². The molecule has 0 spiro atoms. The topological polar surface area (TPSA) is 26.0 Å². The summed E-state index contributed by atoms with van der Waals surface area (Å²) in [6.07, 6.45) is 2.18. The van der Waals surface area contributed by atoms with Gasteiger partial charge in [0.15, 0.2) is 0 Å². The van der Waals surface area contributed by atoms with Crippen LogP contribution in [-0.2, 0) is 6.42 Å². The van der Waals surface area contributed by atoms with E-state index >= 15 is 0 Å². The van der Waals surface area contributed by atoms with E-state index in [0.29, 0.717) is 17.9 Å². The highest BCUT2D eigenvalue weighted by atomic mass is 14.6. The van der Waals surface area contributed by atoms with Crippen LogP contribution >= 0.6 is 0 Å². The Bertz CT molecular complexity index is 266. The summed E-state index contributed by atoms with van der Waals surface area (Å²) in [5, 5.41) is 0. The van der Waals surface area contributed by atoms with Gasteiger partial charge in [0.05, 0.1) is 0 Å². The van der Waals surface area contributed by atoms with E-state index in [9.17, 15) is 0 Å². The van der Waals surface area contributed by atoms with Crippen LogP contribution in [0.5, 0.6) is 0 Å². The molecule has 1 heteroatoms. The Balaban J connectivity index is 2.37. The molecule has 1 aromatic carbocycles. The van der Waals surface area contributed by atoms with E-state index in [2.05, 4.69) is 51.1 Å². The predicted octanol–water partition coefficient (Wildman–Crippen LogP) is 3.24. The molecular formula is C14H23N. The molecule has 0 fully saturated rings. The summed E-state index contributed by atoms with van der Waals surface area (Å²) in [7, 11) is 0. The monoisotopic (exact) mass is 205 g/mol. The van der Waals surface area contributed by atoms with E-state index in [1.165, 1.54) is 5.56 Å². The van der Waals surface area contributed by atoms with Gasteiger partial charge >= 0.3 is 0 Å². The lowest BCUT2D eigenvalue weighted by Gasteiger charge is -2.23. The molecule has 0 aliphatic heterocycles. The molecular weight excluding hydrogens is 182 g/mol. The maximum absolute atomic E-state index is 6.17. The van der Waals surface area contributed by atoms with Gasteiger partial charge in [0, 0.05) is 6.04 Å². The summed E-state index contributed by atoms with van der Waals surface area (Å²) in [5.74, 6) is 1.28. The molecule has 84 valence electrons. The normalized spacial score (nSPS) is 15.3. The minimum Gasteiger partial charge on any atom is -0.327 e. The zero-order chi connectivity index (χ0) is 11.3. The summed E-state index contributed by atoms with van der Waals surface area (Å²) >= 11 is 0. The van der Waals surface area contributed by atoms with Crippen molar-refractivity contribution in [3.8, 4) is 0 Å². The van der Waals surface area contributed by atoms with Gasteiger partial charge in [-0.2, -0.15) is 0 Å². The van der Waals surface area contributed by atoms with Crippen molar-refractivity contribution in [1.29, 1.82) is 0 Å². The van der Waals surface area contributed by atoms with Crippen molar-refractivity contribution < 1.29 is 0 Å². The zero-order valence-electron chi connectivity index (χ0n) is 10.1. The smallest absolute Gasteiger partial charge is 0.00701 e. The first-order valence-electron chi connectivity index (χ1n) is 5.90. The lowest BCUT2D eigenvalue weighted by Crippen LogP contribution is -2.31. The molecule has 2 atom stereocenters. The van der Waals surface area contributed by atoms with Crippen LogP contribution in [0.4, 0.5) is 0 Å². The van der Waals surface area contributed by atoms with Crippen molar-refractivity contribution in [3.63, 3.8) is 0 Å². The quantitative estimate of drug-likeness (QED) is 0.784. The second kappa shape index (κ2) is 5.92. The zero-order valence-corrected chi connectivity index (χ0v) is 10.1. The fraction of sp³-hybridized carbons (Fsp3) is 0.571. The van der Waals surface area contributed by atoms with E-state index in [4.69, 9.17) is 5.73 Å². The highest BCUT2D eigenvalue weighted by molar-refractivity contribution is 5.14. The van der Waals surface area contributed by atoms with Gasteiger partial charge in [-0.3, -0.25) is 0 Å². The van der Waals surface area contributed by atoms with Crippen LogP contribution in [0.25, 0.3) is 0 Å². The van der Waals surface area contributed by atoms with Gasteiger partial charge < -0.3 is 5.73 Å². The molecule has 0 aromatic heterocycles. The highest BCUT2D eigenvalue weighted by Gasteiger charge is 2.15. The lowest BCUT2D eigenvalue weighted by atomic mass is 9.87. The second-order valence-corrected chi connectivity index (χ2v) is 4.79. The van der Waals surface area contributed by atoms with E-state index in [1.54, 1.807) is 0 Å². The van der Waals surface area contributed by atoms with E-state index < -0.39 is 0 Å². The van der Waals surface area contributed by atoms with Crippen molar-refractivity contribution >= 4 is 0 Å². The van der Waals surface area contributed by atoms with Gasteiger partial charge in [-0.1, -0.05) is 51.1 Å². The maximum atomic E-state index is 6.17. The maximum Gasteiger partial charge on any atom is 0.00701 e. The van der Waals surface area contributed by atoms with Gasteiger partial charge in [-0.25, -0.2) is 0 Å². The van der Waals surface area contributed by atoms with Gasteiger partial charge in [0.25, 0.3) is 0 Å². The molecule has 15 heavy (non-hydrogen) atoms. The minimum absolute atomic E-state index is 0.324. The standard InChI is InChI=1S/C14H23N/c1-11(2)12(3)14(15)10-9-13-7-5-4-6-8-13/h4-8,11-12,14H,9-10,15H2,1-3H3. The first kappa shape index (κ1) is 12.3. The molecule has 0 radical (unpaired) electrons. The summed E-state index contributed by atoms with van der Waals surface area (Å²) < 4.78 is 0. The first-order valence-corrected chi connectivity index (χ1v) is 5.90. The third-order valence-electron chi connectivity index (χ3n) is 3.34. The molecule has 0 saturated carbocycles. The molecule has 1 rings (SSSR count). The third kappa shape index (κ3) is 4.05. The summed E-state index contributed by atoms with van der Waals surface area (Å²) in [4.78, 5) is 0. The molecule has 0 heterocycles. The Labute approximate surface area is 93.7 Å². The molecule has 0 saturated heterocycles. The van der Waals surface area contributed by atoms with Crippen LogP contribution in [0.2, 0.25) is 0 Å². The van der Waals surface area contributed by atoms with Crippen LogP contribution in [0.3, 0.4) is 0 Å². The fourth-order valence-corrected chi connectivity index (χ4v) is 1.74. The molecule has 1 nitrogen and oxygen atoms in total. The molecule has 1 aromatic rings. The summed E-state index contributed by atoms with van der Waals surface area (Å²) in [6.45, 7) is 6.74. The highest BCUT2D eigenvalue weighted by Crippen LogP contribution is 2.16. The van der Waals surface area contributed by atoms with Crippen molar-refractivity contribution in [2.45, 2.75) is 39.7 Å². The molecule has 0 aliphatic carbocycles. The Kier molecular flexibility index (Phi) is 4.83. The number of rotatable bonds is 5. The van der Waals surface area contributed by atoms with E-state index in [0.717, 1.165) is 12.8 Å². The molecule has 0 amide bonds. The average molecular weight is 205 g/mol. The number of hydrogen-bond donors (Lipinski definition) is 1. The largest absolute Gasteiger partial charge is 0.327 e. The van der Waals surface area contributed by atoms with E-state index in [-0.39, 0.29) is 0 Å². The van der Waals surface area contributed by atoms with Crippen molar-refractivity contribution in [2.24, 2.45) is 17.6 Å². The molecule has 2 unspecified atom stereocenters. The summed E-state index contributed by atoms with van der Waals surface area (Å²) in [6, 6.07) is 10.9. The number of hydrogen-bond acceptors (Lipinski definition) is 1. The lowest BCUT2D eigenvalue weighted by molar-refractivity contribution is 0.333. The van der Waals surface area contributed by atoms with E-state index in [1.807, 2.05) is 0 Å².